The van der Waals surface area contributed by atoms with Gasteiger partial charge in [-0.2, -0.15) is 0 Å². The predicted molar refractivity (Wildman–Crippen MR) is 299 cm³/mol. The average molecular weight is 985 g/mol. The SMILES string of the molecule is CC/C=C\C/C=C\C/C=C\C/C=C\C/C=C\C/C=C\CCCCCCCCC(=O)OC(COC(=O)CCCC/C=C\C/C=C\C/C=C\C/C=C\C/C=C\C/C=C\CC)COC(OCC[N+](C)(C)C)C(=O)O. The summed E-state index contributed by atoms with van der Waals surface area (Å²) in [6, 6.07) is 0. The third-order valence-electron chi connectivity index (χ3n) is 10.6. The Balaban J connectivity index is 4.46. The third-order valence-corrected chi connectivity index (χ3v) is 10.6. The van der Waals surface area contributed by atoms with Crippen molar-refractivity contribution in [1.82, 2.24) is 0 Å². The molecule has 9 nitrogen and oxygen atoms in total. The second-order valence-corrected chi connectivity index (χ2v) is 18.4. The number of hydrogen-bond acceptors (Lipinski definition) is 7. The van der Waals surface area contributed by atoms with Crippen LogP contribution in [0.2, 0.25) is 0 Å². The molecular weight excluding hydrogens is 887 g/mol. The van der Waals surface area contributed by atoms with Crippen LogP contribution in [0, 0.1) is 0 Å². The van der Waals surface area contributed by atoms with Gasteiger partial charge in [-0.15, -0.1) is 0 Å². The van der Waals surface area contributed by atoms with Crippen LogP contribution < -0.4 is 0 Å². The highest BCUT2D eigenvalue weighted by atomic mass is 16.7. The zero-order valence-corrected chi connectivity index (χ0v) is 45.1. The van der Waals surface area contributed by atoms with Crippen LogP contribution in [0.4, 0.5) is 0 Å². The number of hydrogen-bond donors (Lipinski definition) is 1. The molecule has 0 bridgehead atoms. The second-order valence-electron chi connectivity index (χ2n) is 18.4. The van der Waals surface area contributed by atoms with Gasteiger partial charge in [-0.3, -0.25) is 9.59 Å². The Labute approximate surface area is 432 Å². The van der Waals surface area contributed by atoms with E-state index in [0.29, 0.717) is 23.9 Å². The summed E-state index contributed by atoms with van der Waals surface area (Å²) < 4.78 is 22.8. The van der Waals surface area contributed by atoms with Gasteiger partial charge >= 0.3 is 17.9 Å². The summed E-state index contributed by atoms with van der Waals surface area (Å²) in [5.74, 6) is -2.11. The molecule has 0 aliphatic rings. The van der Waals surface area contributed by atoms with E-state index >= 15 is 0 Å². The molecule has 0 aliphatic heterocycles. The molecule has 0 saturated carbocycles. The molecule has 0 aromatic rings. The topological polar surface area (TPSA) is 108 Å². The number of carboxylic acid groups (broad SMARTS) is 1. The number of likely N-dealkylation sites (N-methyl/N-ethyl adjacent to an activating group) is 1. The molecule has 0 amide bonds. The first-order chi connectivity index (χ1) is 34.6. The number of unbranched alkanes of at least 4 members (excludes halogenated alkanes) is 8. The molecule has 9 heteroatoms. The molecule has 398 valence electrons. The summed E-state index contributed by atoms with van der Waals surface area (Å²) in [5, 5.41) is 9.69. The molecule has 2 atom stereocenters. The average Bonchev–Trinajstić information content (AvgIpc) is 3.34. The third kappa shape index (κ3) is 52.8. The molecule has 0 aromatic heterocycles. The van der Waals surface area contributed by atoms with E-state index in [1.54, 1.807) is 0 Å². The molecule has 0 spiro atoms. The van der Waals surface area contributed by atoms with E-state index in [1.165, 1.54) is 0 Å². The van der Waals surface area contributed by atoms with Gasteiger partial charge in [0.1, 0.15) is 13.2 Å². The number of quaternary nitrogens is 1. The van der Waals surface area contributed by atoms with E-state index in [9.17, 15) is 19.5 Å². The van der Waals surface area contributed by atoms with Crippen molar-refractivity contribution in [2.75, 3.05) is 47.5 Å². The van der Waals surface area contributed by atoms with Gasteiger partial charge in [0.15, 0.2) is 6.10 Å². The number of aliphatic carboxylic acids is 1. The van der Waals surface area contributed by atoms with Gasteiger partial charge < -0.3 is 28.5 Å². The minimum Gasteiger partial charge on any atom is -0.477 e. The van der Waals surface area contributed by atoms with Crippen molar-refractivity contribution in [3.63, 3.8) is 0 Å². The lowest BCUT2D eigenvalue weighted by molar-refractivity contribution is -0.870. The van der Waals surface area contributed by atoms with Crippen molar-refractivity contribution < 1.29 is 42.9 Å². The monoisotopic (exact) mass is 985 g/mol. The van der Waals surface area contributed by atoms with Gasteiger partial charge in [0.2, 0.25) is 0 Å². The van der Waals surface area contributed by atoms with E-state index in [1.807, 2.05) is 21.1 Å². The van der Waals surface area contributed by atoms with Crippen LogP contribution in [-0.4, -0.2) is 87.4 Å². The Bertz CT molecular complexity index is 1670. The molecule has 0 aliphatic carbocycles. The van der Waals surface area contributed by atoms with E-state index < -0.39 is 30.3 Å². The number of carboxylic acids is 1. The Morgan fingerprint density at radius 3 is 1.15 bits per heavy atom. The van der Waals surface area contributed by atoms with Crippen LogP contribution in [0.25, 0.3) is 0 Å². The zero-order chi connectivity index (χ0) is 52.0. The molecule has 0 aromatic carbocycles. The quantitative estimate of drug-likeness (QED) is 0.0211. The second kappa shape index (κ2) is 51.5. The minimum absolute atomic E-state index is 0.168. The van der Waals surface area contributed by atoms with Crippen LogP contribution in [0.5, 0.6) is 0 Å². The number of rotatable bonds is 47. The number of allylic oxidation sites excluding steroid dienone is 24. The first-order valence-electron chi connectivity index (χ1n) is 27.0. The maximum absolute atomic E-state index is 12.9. The molecule has 71 heavy (non-hydrogen) atoms. The van der Waals surface area contributed by atoms with E-state index in [2.05, 4.69) is 160 Å². The lowest BCUT2D eigenvalue weighted by atomic mass is 10.1. The molecular formula is C62H98NO8+. The van der Waals surface area contributed by atoms with Crippen LogP contribution in [0.15, 0.2) is 146 Å². The lowest BCUT2D eigenvalue weighted by Gasteiger charge is -2.25. The van der Waals surface area contributed by atoms with Crippen LogP contribution in [-0.2, 0) is 33.3 Å². The molecule has 0 saturated heterocycles. The first kappa shape index (κ1) is 66.2. The first-order valence-corrected chi connectivity index (χ1v) is 27.0. The highest BCUT2D eigenvalue weighted by molar-refractivity contribution is 5.71. The fraction of sp³-hybridized carbons (Fsp3) is 0.565. The summed E-state index contributed by atoms with van der Waals surface area (Å²) in [7, 11) is 5.93. The van der Waals surface area contributed by atoms with Gasteiger partial charge in [-0.1, -0.05) is 185 Å². The summed E-state index contributed by atoms with van der Waals surface area (Å²) in [6.45, 7) is 4.54. The number of nitrogens with zero attached hydrogens (tertiary/aromatic N) is 1. The maximum atomic E-state index is 12.9. The Morgan fingerprint density at radius 2 is 0.761 bits per heavy atom. The number of ether oxygens (including phenoxy) is 4. The summed E-state index contributed by atoms with van der Waals surface area (Å²) in [5.41, 5.74) is 0. The fourth-order valence-corrected chi connectivity index (χ4v) is 6.49. The van der Waals surface area contributed by atoms with Gasteiger partial charge in [0.05, 0.1) is 34.4 Å². The van der Waals surface area contributed by atoms with Gasteiger partial charge in [0, 0.05) is 12.8 Å². The highest BCUT2D eigenvalue weighted by Crippen LogP contribution is 2.12. The van der Waals surface area contributed by atoms with Crippen molar-refractivity contribution >= 4 is 17.9 Å². The normalized spacial score (nSPS) is 14.0. The fourth-order valence-electron chi connectivity index (χ4n) is 6.49. The van der Waals surface area contributed by atoms with Crippen molar-refractivity contribution in [2.24, 2.45) is 0 Å². The van der Waals surface area contributed by atoms with Crippen LogP contribution in [0.1, 0.15) is 168 Å². The Hall–Kier alpha value is -4.83. The molecule has 0 radical (unpaired) electrons. The molecule has 2 unspecified atom stereocenters. The van der Waals surface area contributed by atoms with E-state index in [0.717, 1.165) is 128 Å². The number of carbonyl (C=O) groups is 3. The van der Waals surface area contributed by atoms with Crippen molar-refractivity contribution in [1.29, 1.82) is 0 Å². The van der Waals surface area contributed by atoms with Crippen molar-refractivity contribution in [3.8, 4) is 0 Å². The van der Waals surface area contributed by atoms with Crippen LogP contribution >= 0.6 is 0 Å². The molecule has 0 heterocycles. The summed E-state index contributed by atoms with van der Waals surface area (Å²) in [4.78, 5) is 37.4. The standard InChI is InChI=1S/C62H97NO8/c1-6-8-10-12-14-16-18-20-22-24-26-28-29-30-31-33-35-37-39-41-43-45-47-49-51-53-60(65)71-58(57-70-62(61(66)67)68-55-54-63(3,4)5)56-69-59(64)52-50-48-46-44-42-40-38-36-34-32-27-25-23-21-19-17-15-13-11-9-7-2/h8-11,14-17,20-23,26-28,30-32,35-38,42,44,58,62H,6-7,12-13,18-19,24-25,29,33-34,39-41,43,45-57H2,1-5H3/p+1/b10-8-,11-9-,16-14-,17-15-,22-20-,23-21-,28-26-,31-30-,32-27-,37-35-,38-36-,44-42-. The van der Waals surface area contributed by atoms with Gasteiger partial charge in [-0.25, -0.2) is 4.79 Å². The van der Waals surface area contributed by atoms with Crippen molar-refractivity contribution in [2.45, 2.75) is 180 Å². The lowest BCUT2D eigenvalue weighted by Crippen LogP contribution is -2.40. The predicted octanol–water partition coefficient (Wildman–Crippen LogP) is 15.7. The minimum atomic E-state index is -1.54. The van der Waals surface area contributed by atoms with Gasteiger partial charge in [-0.05, 0) is 116 Å². The summed E-state index contributed by atoms with van der Waals surface area (Å²) >= 11 is 0. The van der Waals surface area contributed by atoms with Gasteiger partial charge in [0.25, 0.3) is 6.29 Å². The molecule has 0 fully saturated rings. The highest BCUT2D eigenvalue weighted by Gasteiger charge is 2.25. The maximum Gasteiger partial charge on any atom is 0.361 e. The smallest absolute Gasteiger partial charge is 0.361 e. The molecule has 1 N–H and O–H groups in total. The zero-order valence-electron chi connectivity index (χ0n) is 45.1. The largest absolute Gasteiger partial charge is 0.477 e. The van der Waals surface area contributed by atoms with Crippen LogP contribution in [0.3, 0.4) is 0 Å². The Kier molecular flexibility index (Phi) is 48.0. The summed E-state index contributed by atoms with van der Waals surface area (Å²) in [6.07, 6.45) is 72.0. The molecule has 0 rings (SSSR count). The number of carbonyl (C=O) groups excluding carboxylic acids is 2. The number of esters is 2. The van der Waals surface area contributed by atoms with Crippen molar-refractivity contribution in [3.05, 3.63) is 146 Å². The van der Waals surface area contributed by atoms with E-state index in [4.69, 9.17) is 18.9 Å². The Morgan fingerprint density at radius 1 is 0.423 bits per heavy atom. The van der Waals surface area contributed by atoms with E-state index in [-0.39, 0.29) is 32.7 Å².